The Kier molecular flexibility index (Phi) is 3.97. The van der Waals surface area contributed by atoms with Crippen LogP contribution in [0.4, 0.5) is 5.69 Å². The molecule has 2 N–H and O–H groups in total. The molecule has 0 saturated carbocycles. The van der Waals surface area contributed by atoms with Gasteiger partial charge in [-0.2, -0.15) is 0 Å². The first kappa shape index (κ1) is 14.4. The van der Waals surface area contributed by atoms with Gasteiger partial charge in [0.05, 0.1) is 5.69 Å². The van der Waals surface area contributed by atoms with E-state index in [-0.39, 0.29) is 23.8 Å². The van der Waals surface area contributed by atoms with Gasteiger partial charge in [-0.25, -0.2) is 0 Å². The van der Waals surface area contributed by atoms with E-state index in [0.29, 0.717) is 24.4 Å². The lowest BCUT2D eigenvalue weighted by Crippen LogP contribution is -2.35. The molecule has 1 heterocycles. The first-order chi connectivity index (χ1) is 9.36. The van der Waals surface area contributed by atoms with Crippen LogP contribution in [0.5, 0.6) is 5.75 Å². The fourth-order valence-electron chi connectivity index (χ4n) is 1.87. The number of ether oxygens (including phenoxy) is 1. The number of nitrogens with one attached hydrogen (secondary N) is 2. The fourth-order valence-corrected chi connectivity index (χ4v) is 1.87. The number of hydrogen-bond acceptors (Lipinski definition) is 3. The van der Waals surface area contributed by atoms with Crippen molar-refractivity contribution in [3.63, 3.8) is 0 Å². The van der Waals surface area contributed by atoms with E-state index in [9.17, 15) is 9.59 Å². The van der Waals surface area contributed by atoms with Crippen LogP contribution < -0.4 is 15.4 Å². The van der Waals surface area contributed by atoms with E-state index in [4.69, 9.17) is 4.74 Å². The summed E-state index contributed by atoms with van der Waals surface area (Å²) in [4.78, 5) is 23.0. The number of carbonyl (C=O) groups is 2. The van der Waals surface area contributed by atoms with E-state index in [0.717, 1.165) is 5.56 Å². The molecular formula is C15H20N2O3. The SMILES string of the molecule is CC(C)(C)C(=O)NCCc1ccc2c(c1)NC(=O)CO2. The molecule has 0 aromatic heterocycles. The van der Waals surface area contributed by atoms with Crippen molar-refractivity contribution in [3.8, 4) is 5.75 Å². The van der Waals surface area contributed by atoms with Crippen molar-refractivity contribution in [1.82, 2.24) is 5.32 Å². The highest BCUT2D eigenvalue weighted by molar-refractivity contribution is 5.95. The second-order valence-electron chi connectivity index (χ2n) is 5.92. The Bertz CT molecular complexity index is 532. The minimum absolute atomic E-state index is 0.0343. The van der Waals surface area contributed by atoms with E-state index >= 15 is 0 Å². The standard InChI is InChI=1S/C15H20N2O3/c1-15(2,3)14(19)16-7-6-10-4-5-12-11(8-10)17-13(18)9-20-12/h4-5,8H,6-7,9H2,1-3H3,(H,16,19)(H,17,18). The van der Waals surface area contributed by atoms with Crippen LogP contribution >= 0.6 is 0 Å². The maximum Gasteiger partial charge on any atom is 0.262 e. The first-order valence-electron chi connectivity index (χ1n) is 6.70. The van der Waals surface area contributed by atoms with Gasteiger partial charge in [0.2, 0.25) is 5.91 Å². The minimum Gasteiger partial charge on any atom is -0.482 e. The molecule has 1 aliphatic heterocycles. The van der Waals surface area contributed by atoms with Crippen molar-refractivity contribution in [3.05, 3.63) is 23.8 Å². The van der Waals surface area contributed by atoms with Gasteiger partial charge in [0, 0.05) is 12.0 Å². The van der Waals surface area contributed by atoms with Gasteiger partial charge in [-0.05, 0) is 24.1 Å². The number of hydrogen-bond donors (Lipinski definition) is 2. The van der Waals surface area contributed by atoms with Crippen LogP contribution in [-0.2, 0) is 16.0 Å². The summed E-state index contributed by atoms with van der Waals surface area (Å²) in [5.41, 5.74) is 1.36. The Labute approximate surface area is 118 Å². The summed E-state index contributed by atoms with van der Waals surface area (Å²) in [5, 5.41) is 5.67. The van der Waals surface area contributed by atoms with Crippen molar-refractivity contribution >= 4 is 17.5 Å². The maximum absolute atomic E-state index is 11.7. The fraction of sp³-hybridized carbons (Fsp3) is 0.467. The summed E-state index contributed by atoms with van der Waals surface area (Å²) >= 11 is 0. The number of amides is 2. The first-order valence-corrected chi connectivity index (χ1v) is 6.70. The minimum atomic E-state index is -0.377. The van der Waals surface area contributed by atoms with Gasteiger partial charge in [-0.1, -0.05) is 26.8 Å². The van der Waals surface area contributed by atoms with Gasteiger partial charge in [0.25, 0.3) is 5.91 Å². The highest BCUT2D eigenvalue weighted by Crippen LogP contribution is 2.28. The molecule has 0 unspecified atom stereocenters. The maximum atomic E-state index is 11.7. The van der Waals surface area contributed by atoms with E-state index in [1.807, 2.05) is 39.0 Å². The molecule has 108 valence electrons. The third-order valence-corrected chi connectivity index (χ3v) is 3.06. The van der Waals surface area contributed by atoms with Crippen LogP contribution in [0.15, 0.2) is 18.2 Å². The second-order valence-corrected chi connectivity index (χ2v) is 5.92. The number of carbonyl (C=O) groups excluding carboxylic acids is 2. The molecule has 2 amide bonds. The molecule has 0 atom stereocenters. The molecule has 0 bridgehead atoms. The number of benzene rings is 1. The van der Waals surface area contributed by atoms with Crippen LogP contribution in [-0.4, -0.2) is 25.0 Å². The van der Waals surface area contributed by atoms with E-state index < -0.39 is 0 Å². The van der Waals surface area contributed by atoms with Crippen molar-refractivity contribution in [1.29, 1.82) is 0 Å². The van der Waals surface area contributed by atoms with Gasteiger partial charge in [0.15, 0.2) is 6.61 Å². The molecule has 5 heteroatoms. The van der Waals surface area contributed by atoms with Gasteiger partial charge in [-0.3, -0.25) is 9.59 Å². The molecule has 0 fully saturated rings. The van der Waals surface area contributed by atoms with Crippen LogP contribution in [0.3, 0.4) is 0 Å². The number of anilines is 1. The van der Waals surface area contributed by atoms with E-state index in [1.165, 1.54) is 0 Å². The van der Waals surface area contributed by atoms with E-state index in [1.54, 1.807) is 0 Å². The molecule has 0 saturated heterocycles. The predicted octanol–water partition coefficient (Wildman–Crippen LogP) is 1.72. The van der Waals surface area contributed by atoms with Gasteiger partial charge < -0.3 is 15.4 Å². The zero-order valence-corrected chi connectivity index (χ0v) is 12.1. The third kappa shape index (κ3) is 3.50. The highest BCUT2D eigenvalue weighted by Gasteiger charge is 2.20. The lowest BCUT2D eigenvalue weighted by Gasteiger charge is -2.19. The van der Waals surface area contributed by atoms with E-state index in [2.05, 4.69) is 10.6 Å². The Morgan fingerprint density at radius 2 is 2.15 bits per heavy atom. The molecule has 0 radical (unpaired) electrons. The Hall–Kier alpha value is -2.04. The summed E-state index contributed by atoms with van der Waals surface area (Å²) in [6.07, 6.45) is 0.713. The summed E-state index contributed by atoms with van der Waals surface area (Å²) in [6, 6.07) is 5.67. The van der Waals surface area contributed by atoms with Crippen LogP contribution in [0.1, 0.15) is 26.3 Å². The molecular weight excluding hydrogens is 256 g/mol. The number of rotatable bonds is 3. The van der Waals surface area contributed by atoms with Crippen molar-refractivity contribution in [2.45, 2.75) is 27.2 Å². The summed E-state index contributed by atoms with van der Waals surface area (Å²) < 4.78 is 5.30. The normalized spacial score (nSPS) is 14.1. The lowest BCUT2D eigenvalue weighted by atomic mass is 9.95. The molecule has 1 aliphatic rings. The molecule has 0 spiro atoms. The number of fused-ring (bicyclic) bond motifs is 1. The molecule has 0 aliphatic carbocycles. The Balaban J connectivity index is 1.93. The average molecular weight is 276 g/mol. The average Bonchev–Trinajstić information content (AvgIpc) is 2.37. The van der Waals surface area contributed by atoms with Gasteiger partial charge in [-0.15, -0.1) is 0 Å². The van der Waals surface area contributed by atoms with Crippen LogP contribution in [0.2, 0.25) is 0 Å². The lowest BCUT2D eigenvalue weighted by molar-refractivity contribution is -0.128. The topological polar surface area (TPSA) is 67.4 Å². The van der Waals surface area contributed by atoms with Crippen LogP contribution in [0.25, 0.3) is 0 Å². The molecule has 1 aromatic carbocycles. The molecule has 1 aromatic rings. The highest BCUT2D eigenvalue weighted by atomic mass is 16.5. The Morgan fingerprint density at radius 1 is 1.40 bits per heavy atom. The van der Waals surface area contributed by atoms with Gasteiger partial charge in [0.1, 0.15) is 5.75 Å². The summed E-state index contributed by atoms with van der Waals surface area (Å²) in [7, 11) is 0. The second kappa shape index (κ2) is 5.53. The zero-order valence-electron chi connectivity index (χ0n) is 12.1. The van der Waals surface area contributed by atoms with Crippen molar-refractivity contribution in [2.24, 2.45) is 5.41 Å². The van der Waals surface area contributed by atoms with Crippen molar-refractivity contribution < 1.29 is 14.3 Å². The van der Waals surface area contributed by atoms with Gasteiger partial charge >= 0.3 is 0 Å². The third-order valence-electron chi connectivity index (χ3n) is 3.06. The predicted molar refractivity (Wildman–Crippen MR) is 76.7 cm³/mol. The smallest absolute Gasteiger partial charge is 0.262 e. The summed E-state index contributed by atoms with van der Waals surface area (Å²) in [6.45, 7) is 6.29. The summed E-state index contributed by atoms with van der Waals surface area (Å²) in [5.74, 6) is 0.579. The zero-order chi connectivity index (χ0) is 14.8. The monoisotopic (exact) mass is 276 g/mol. The largest absolute Gasteiger partial charge is 0.482 e. The van der Waals surface area contributed by atoms with Crippen LogP contribution in [0, 0.1) is 5.41 Å². The molecule has 2 rings (SSSR count). The quantitative estimate of drug-likeness (QED) is 0.883. The van der Waals surface area contributed by atoms with Crippen molar-refractivity contribution in [2.75, 3.05) is 18.5 Å². The molecule has 5 nitrogen and oxygen atoms in total. The Morgan fingerprint density at radius 3 is 2.85 bits per heavy atom. The molecule has 20 heavy (non-hydrogen) atoms.